The molecule has 5 N–H and O–H groups in total. The molecule has 27 heavy (non-hydrogen) atoms. The maximum atomic E-state index is 12.4. The first-order valence-electron chi connectivity index (χ1n) is 8.86. The molecule has 0 radical (unpaired) electrons. The third-order valence-corrected chi connectivity index (χ3v) is 4.96. The summed E-state index contributed by atoms with van der Waals surface area (Å²) in [5, 5.41) is 21.9. The molecule has 0 aromatic rings. The van der Waals surface area contributed by atoms with Crippen LogP contribution in [0.1, 0.15) is 53.4 Å². The highest BCUT2D eigenvalue weighted by Gasteiger charge is 2.35. The molecule has 0 aromatic heterocycles. The van der Waals surface area contributed by atoms with Gasteiger partial charge in [-0.25, -0.2) is 4.79 Å². The Morgan fingerprint density at radius 3 is 2.19 bits per heavy atom. The number of nitrogens with one attached hydrogen (secondary N) is 1. The summed E-state index contributed by atoms with van der Waals surface area (Å²) < 4.78 is 0. The van der Waals surface area contributed by atoms with Gasteiger partial charge in [-0.3, -0.25) is 14.4 Å². The number of rotatable bonds is 9. The number of allylic oxidation sites excluding steroid dienone is 4. The Balaban J connectivity index is 2.85. The number of aliphatic carboxylic acids is 1. The Bertz CT molecular complexity index is 718. The second-order valence-electron chi connectivity index (χ2n) is 7.08. The second-order valence-corrected chi connectivity index (χ2v) is 7.08. The second kappa shape index (κ2) is 9.05. The number of nitrogens with two attached hydrogens (primary N) is 1. The van der Waals surface area contributed by atoms with Gasteiger partial charge in [0.25, 0.3) is 5.91 Å². The van der Waals surface area contributed by atoms with Gasteiger partial charge in [-0.1, -0.05) is 0 Å². The molecular weight excluding hydrogens is 352 g/mol. The van der Waals surface area contributed by atoms with E-state index in [9.17, 15) is 24.3 Å². The number of aliphatic hydroxyl groups is 1. The number of hydrogen-bond donors (Lipinski definition) is 4. The predicted molar refractivity (Wildman–Crippen MR) is 98.8 cm³/mol. The summed E-state index contributed by atoms with van der Waals surface area (Å²) in [5.74, 6) is -2.55. The zero-order valence-electron chi connectivity index (χ0n) is 16.2. The molecule has 0 fully saturated rings. The van der Waals surface area contributed by atoms with Crippen LogP contribution in [0.4, 0.5) is 0 Å². The normalized spacial score (nSPS) is 18.4. The molecule has 8 nitrogen and oxygen atoms in total. The first-order valence-corrected chi connectivity index (χ1v) is 8.86. The molecule has 8 heteroatoms. The van der Waals surface area contributed by atoms with Crippen molar-refractivity contribution in [2.75, 3.05) is 6.54 Å². The zero-order chi connectivity index (χ0) is 20.9. The van der Waals surface area contributed by atoms with Crippen LogP contribution in [0, 0.1) is 0 Å². The quantitative estimate of drug-likeness (QED) is 0.429. The lowest BCUT2D eigenvalue weighted by molar-refractivity contribution is -0.147. The lowest BCUT2D eigenvalue weighted by Crippen LogP contribution is -2.51. The SMILES string of the molecule is CC1=C(C)C(=O)C(CCC(C)(O)C(=O)N[C@@H](CCCN)C(=O)O)=C(C)C1=O. The van der Waals surface area contributed by atoms with E-state index in [0.29, 0.717) is 23.1 Å². The van der Waals surface area contributed by atoms with Crippen LogP contribution in [-0.4, -0.2) is 51.8 Å². The molecule has 1 amide bonds. The molecule has 1 aliphatic rings. The van der Waals surface area contributed by atoms with Crippen molar-refractivity contribution in [3.63, 3.8) is 0 Å². The van der Waals surface area contributed by atoms with E-state index in [1.807, 2.05) is 0 Å². The third-order valence-electron chi connectivity index (χ3n) is 4.96. The van der Waals surface area contributed by atoms with Crippen molar-refractivity contribution in [2.24, 2.45) is 5.73 Å². The zero-order valence-corrected chi connectivity index (χ0v) is 16.2. The summed E-state index contributed by atoms with van der Waals surface area (Å²) in [6.45, 7) is 6.25. The summed E-state index contributed by atoms with van der Waals surface area (Å²) in [5.41, 5.74) is 4.81. The van der Waals surface area contributed by atoms with Crippen LogP contribution in [-0.2, 0) is 19.2 Å². The van der Waals surface area contributed by atoms with Gasteiger partial charge in [0.15, 0.2) is 11.6 Å². The van der Waals surface area contributed by atoms with Crippen molar-refractivity contribution < 1.29 is 29.4 Å². The van der Waals surface area contributed by atoms with E-state index in [1.54, 1.807) is 20.8 Å². The van der Waals surface area contributed by atoms with Crippen LogP contribution >= 0.6 is 0 Å². The topological polar surface area (TPSA) is 147 Å². The van der Waals surface area contributed by atoms with Crippen molar-refractivity contribution in [2.45, 2.75) is 65.0 Å². The fourth-order valence-electron chi connectivity index (χ4n) is 2.83. The van der Waals surface area contributed by atoms with Gasteiger partial charge in [0.1, 0.15) is 11.6 Å². The van der Waals surface area contributed by atoms with E-state index in [1.165, 1.54) is 6.92 Å². The van der Waals surface area contributed by atoms with Gasteiger partial charge in [-0.2, -0.15) is 0 Å². The van der Waals surface area contributed by atoms with Crippen LogP contribution in [0.25, 0.3) is 0 Å². The Morgan fingerprint density at radius 1 is 1.11 bits per heavy atom. The molecule has 0 saturated heterocycles. The summed E-state index contributed by atoms with van der Waals surface area (Å²) >= 11 is 0. The molecule has 2 atom stereocenters. The molecule has 0 saturated carbocycles. The van der Waals surface area contributed by atoms with Crippen LogP contribution in [0.2, 0.25) is 0 Å². The molecule has 1 unspecified atom stereocenters. The summed E-state index contributed by atoms with van der Waals surface area (Å²) in [6.07, 6.45) is 0.462. The molecule has 0 bridgehead atoms. The first kappa shape index (κ1) is 22.7. The van der Waals surface area contributed by atoms with Gasteiger partial charge in [0, 0.05) is 22.3 Å². The average molecular weight is 380 g/mol. The van der Waals surface area contributed by atoms with Gasteiger partial charge >= 0.3 is 5.97 Å². The number of carboxylic acid groups (broad SMARTS) is 1. The maximum absolute atomic E-state index is 12.4. The van der Waals surface area contributed by atoms with Crippen molar-refractivity contribution in [3.8, 4) is 0 Å². The van der Waals surface area contributed by atoms with E-state index in [4.69, 9.17) is 10.8 Å². The number of Topliss-reactive ketones (excluding diaryl/α,β-unsaturated/α-hetero) is 2. The van der Waals surface area contributed by atoms with E-state index in [0.717, 1.165) is 0 Å². The molecule has 1 rings (SSSR count). The smallest absolute Gasteiger partial charge is 0.326 e. The monoisotopic (exact) mass is 380 g/mol. The Labute approximate surface area is 158 Å². The van der Waals surface area contributed by atoms with Gasteiger partial charge in [0.05, 0.1) is 0 Å². The Morgan fingerprint density at radius 2 is 1.67 bits per heavy atom. The Hall–Kier alpha value is -2.32. The van der Waals surface area contributed by atoms with E-state index >= 15 is 0 Å². The average Bonchev–Trinajstić information content (AvgIpc) is 2.61. The minimum Gasteiger partial charge on any atom is -0.480 e. The van der Waals surface area contributed by atoms with Crippen molar-refractivity contribution >= 4 is 23.4 Å². The number of carbonyl (C=O) groups is 4. The number of carboxylic acids is 1. The van der Waals surface area contributed by atoms with Crippen LogP contribution < -0.4 is 11.1 Å². The number of carbonyl (C=O) groups excluding carboxylic acids is 3. The molecule has 0 spiro atoms. The third kappa shape index (κ3) is 5.33. The molecule has 0 aromatic carbocycles. The van der Waals surface area contributed by atoms with Gasteiger partial charge in [0.2, 0.25) is 0 Å². The van der Waals surface area contributed by atoms with Crippen molar-refractivity contribution in [1.82, 2.24) is 5.32 Å². The van der Waals surface area contributed by atoms with Gasteiger partial charge < -0.3 is 21.3 Å². The molecule has 0 aliphatic heterocycles. The molecule has 1 aliphatic carbocycles. The highest BCUT2D eigenvalue weighted by atomic mass is 16.4. The number of ketones is 2. The minimum absolute atomic E-state index is 0.0297. The summed E-state index contributed by atoms with van der Waals surface area (Å²) in [4.78, 5) is 48.2. The fraction of sp³-hybridized carbons (Fsp3) is 0.579. The molecular formula is C19H28N2O6. The standard InChI is InChI=1S/C19H28N2O6/c1-10-11(2)16(23)13(12(3)15(10)22)7-8-19(4,27)18(26)21-14(17(24)25)6-5-9-20/h14,27H,5-9,20H2,1-4H3,(H,21,26)(H,24,25)/t14-,19?/m0/s1. The van der Waals surface area contributed by atoms with E-state index in [-0.39, 0.29) is 42.9 Å². The van der Waals surface area contributed by atoms with Gasteiger partial charge in [-0.15, -0.1) is 0 Å². The number of amides is 1. The fourth-order valence-corrected chi connectivity index (χ4v) is 2.83. The van der Waals surface area contributed by atoms with Crippen molar-refractivity contribution in [3.05, 3.63) is 22.3 Å². The first-order chi connectivity index (χ1) is 12.4. The predicted octanol–water partition coefficient (Wildman–Crippen LogP) is 0.631. The summed E-state index contributed by atoms with van der Waals surface area (Å²) in [6, 6.07) is -1.15. The summed E-state index contributed by atoms with van der Waals surface area (Å²) in [7, 11) is 0. The minimum atomic E-state index is -1.89. The Kier molecular flexibility index (Phi) is 7.62. The van der Waals surface area contributed by atoms with E-state index in [2.05, 4.69) is 5.32 Å². The van der Waals surface area contributed by atoms with Crippen LogP contribution in [0.15, 0.2) is 22.3 Å². The molecule has 0 heterocycles. The maximum Gasteiger partial charge on any atom is 0.326 e. The van der Waals surface area contributed by atoms with Crippen LogP contribution in [0.5, 0.6) is 0 Å². The van der Waals surface area contributed by atoms with Crippen LogP contribution in [0.3, 0.4) is 0 Å². The van der Waals surface area contributed by atoms with Crippen molar-refractivity contribution in [1.29, 1.82) is 0 Å². The lowest BCUT2D eigenvalue weighted by atomic mass is 9.82. The van der Waals surface area contributed by atoms with E-state index < -0.39 is 23.5 Å². The highest BCUT2D eigenvalue weighted by Crippen LogP contribution is 2.29. The number of hydrogen-bond acceptors (Lipinski definition) is 6. The van der Waals surface area contributed by atoms with Gasteiger partial charge in [-0.05, 0) is 59.9 Å². The highest BCUT2D eigenvalue weighted by molar-refractivity contribution is 6.24. The molecule has 150 valence electrons. The largest absolute Gasteiger partial charge is 0.480 e. The lowest BCUT2D eigenvalue weighted by Gasteiger charge is -2.26.